The van der Waals surface area contributed by atoms with Gasteiger partial charge in [0.1, 0.15) is 0 Å². The highest BCUT2D eigenvalue weighted by Crippen LogP contribution is 2.42. The molecule has 2 aromatic heterocycles. The van der Waals surface area contributed by atoms with E-state index in [0.717, 1.165) is 44.2 Å². The molecule has 2 heterocycles. The van der Waals surface area contributed by atoms with Crippen LogP contribution in [-0.2, 0) is 7.05 Å². The smallest absolute Gasteiger partial charge is 0.235 e. The summed E-state index contributed by atoms with van der Waals surface area (Å²) in [4.78, 5) is 29.3. The van der Waals surface area contributed by atoms with Crippen molar-refractivity contribution in [3.63, 3.8) is 0 Å². The third-order valence-corrected chi connectivity index (χ3v) is 6.10. The van der Waals surface area contributed by atoms with E-state index in [4.69, 9.17) is 0 Å². The number of para-hydroxylation sites is 2. The number of aromatic amines is 1. The largest absolute Gasteiger partial charge is 0.354 e. The first-order valence-corrected chi connectivity index (χ1v) is 10.2. The Kier molecular flexibility index (Phi) is 3.65. The maximum Gasteiger partial charge on any atom is 0.235 e. The van der Waals surface area contributed by atoms with Gasteiger partial charge in [-0.05, 0) is 17.7 Å². The summed E-state index contributed by atoms with van der Waals surface area (Å²) in [5, 5.41) is 1.91. The summed E-state index contributed by atoms with van der Waals surface area (Å²) in [6.07, 6.45) is 1.95. The fourth-order valence-corrected chi connectivity index (χ4v) is 4.65. The second-order valence-electron chi connectivity index (χ2n) is 7.87. The number of nitrogens with one attached hydrogen (secondary N) is 1. The van der Waals surface area contributed by atoms with Gasteiger partial charge in [-0.2, -0.15) is 0 Å². The molecule has 0 spiro atoms. The minimum Gasteiger partial charge on any atom is -0.354 e. The quantitative estimate of drug-likeness (QED) is 0.411. The maximum absolute atomic E-state index is 13.0. The van der Waals surface area contributed by atoms with Crippen LogP contribution in [0.4, 0.5) is 0 Å². The van der Waals surface area contributed by atoms with E-state index in [-0.39, 0.29) is 0 Å². The SMILES string of the molecule is Cn1cc(-c2c(-c3c(-c4ccccc4)[nH]c4ccccc34)c(=O)c2=O)c2ccccc21. The zero-order valence-corrected chi connectivity index (χ0v) is 16.8. The highest BCUT2D eigenvalue weighted by Gasteiger charge is 2.30. The predicted octanol–water partition coefficient (Wildman–Crippen LogP) is 5.26. The molecule has 0 saturated carbocycles. The number of benzene rings is 3. The van der Waals surface area contributed by atoms with Crippen molar-refractivity contribution in [1.29, 1.82) is 0 Å². The molecule has 0 aliphatic carbocycles. The Morgan fingerprint density at radius 2 is 1.32 bits per heavy atom. The lowest BCUT2D eigenvalue weighted by atomic mass is 9.86. The van der Waals surface area contributed by atoms with Crippen molar-refractivity contribution in [2.75, 3.05) is 0 Å². The standard InChI is InChI=1S/C27H18N2O2/c1-29-15-19(17-11-6-8-14-21(17)29)23-24(27(31)26(23)30)22-18-12-5-7-13-20(18)28-25(22)16-9-3-2-4-10-16/h2-15,28H,1H3. The third-order valence-electron chi connectivity index (χ3n) is 6.10. The van der Waals surface area contributed by atoms with Gasteiger partial charge in [0, 0.05) is 57.3 Å². The summed E-state index contributed by atoms with van der Waals surface area (Å²) < 4.78 is 2.00. The van der Waals surface area contributed by atoms with Crippen LogP contribution in [0.3, 0.4) is 0 Å². The molecule has 0 unspecified atom stereocenters. The number of hydrogen-bond acceptors (Lipinski definition) is 2. The molecule has 1 N–H and O–H groups in total. The molecular weight excluding hydrogens is 384 g/mol. The van der Waals surface area contributed by atoms with Gasteiger partial charge in [-0.15, -0.1) is 0 Å². The first-order valence-electron chi connectivity index (χ1n) is 10.2. The summed E-state index contributed by atoms with van der Waals surface area (Å²) in [7, 11) is 1.96. The first-order chi connectivity index (χ1) is 15.1. The Labute approximate surface area is 177 Å². The Morgan fingerprint density at radius 3 is 2.13 bits per heavy atom. The summed E-state index contributed by atoms with van der Waals surface area (Å²) in [5.74, 6) is 0. The molecule has 0 atom stereocenters. The highest BCUT2D eigenvalue weighted by atomic mass is 16.2. The maximum atomic E-state index is 13.0. The normalized spacial score (nSPS) is 11.6. The lowest BCUT2D eigenvalue weighted by Crippen LogP contribution is -2.35. The molecule has 0 amide bonds. The summed E-state index contributed by atoms with van der Waals surface area (Å²) >= 11 is 0. The van der Waals surface area contributed by atoms with Crippen molar-refractivity contribution in [3.8, 4) is 33.5 Å². The lowest BCUT2D eigenvalue weighted by Gasteiger charge is -2.13. The second kappa shape index (κ2) is 6.41. The van der Waals surface area contributed by atoms with Crippen molar-refractivity contribution < 1.29 is 0 Å². The minimum atomic E-state index is -0.426. The lowest BCUT2D eigenvalue weighted by molar-refractivity contribution is 0.970. The van der Waals surface area contributed by atoms with Gasteiger partial charge < -0.3 is 9.55 Å². The molecule has 6 aromatic rings. The van der Waals surface area contributed by atoms with Gasteiger partial charge in [0.05, 0.1) is 5.69 Å². The minimum absolute atomic E-state index is 0.421. The van der Waals surface area contributed by atoms with Crippen molar-refractivity contribution in [1.82, 2.24) is 9.55 Å². The van der Waals surface area contributed by atoms with E-state index in [0.29, 0.717) is 11.1 Å². The van der Waals surface area contributed by atoms with E-state index in [2.05, 4.69) is 4.98 Å². The molecule has 4 aromatic carbocycles. The number of hydrogen-bond donors (Lipinski definition) is 1. The molecule has 31 heavy (non-hydrogen) atoms. The van der Waals surface area contributed by atoms with Gasteiger partial charge >= 0.3 is 0 Å². The van der Waals surface area contributed by atoms with Gasteiger partial charge in [-0.1, -0.05) is 66.7 Å². The topological polar surface area (TPSA) is 54.9 Å². The van der Waals surface area contributed by atoms with E-state index >= 15 is 0 Å². The zero-order chi connectivity index (χ0) is 21.1. The number of rotatable bonds is 3. The van der Waals surface area contributed by atoms with E-state index in [1.54, 1.807) is 0 Å². The Bertz CT molecular complexity index is 1680. The molecule has 148 valence electrons. The summed E-state index contributed by atoms with van der Waals surface area (Å²) in [6.45, 7) is 0. The van der Waals surface area contributed by atoms with Crippen LogP contribution in [0, 0.1) is 0 Å². The van der Waals surface area contributed by atoms with Gasteiger partial charge in [-0.25, -0.2) is 0 Å². The molecule has 4 heteroatoms. The van der Waals surface area contributed by atoms with Crippen LogP contribution in [-0.4, -0.2) is 9.55 Å². The van der Waals surface area contributed by atoms with Crippen LogP contribution in [0.2, 0.25) is 0 Å². The van der Waals surface area contributed by atoms with Crippen molar-refractivity contribution >= 4 is 21.8 Å². The fourth-order valence-electron chi connectivity index (χ4n) is 4.65. The van der Waals surface area contributed by atoms with Crippen LogP contribution >= 0.6 is 0 Å². The fraction of sp³-hybridized carbons (Fsp3) is 0.0370. The number of nitrogens with zero attached hydrogens (tertiary/aromatic N) is 1. The van der Waals surface area contributed by atoms with Gasteiger partial charge in [-0.3, -0.25) is 9.59 Å². The first kappa shape index (κ1) is 17.7. The molecule has 0 aliphatic rings. The van der Waals surface area contributed by atoms with Crippen molar-refractivity contribution in [3.05, 3.63) is 106 Å². The Morgan fingerprint density at radius 1 is 0.677 bits per heavy atom. The van der Waals surface area contributed by atoms with Crippen LogP contribution in [0.25, 0.3) is 55.3 Å². The zero-order valence-electron chi connectivity index (χ0n) is 16.8. The average molecular weight is 402 g/mol. The molecule has 6 rings (SSSR count). The molecule has 0 saturated heterocycles. The molecule has 0 fully saturated rings. The van der Waals surface area contributed by atoms with Crippen LogP contribution in [0.15, 0.2) is 94.6 Å². The monoisotopic (exact) mass is 402 g/mol. The van der Waals surface area contributed by atoms with Gasteiger partial charge in [0.25, 0.3) is 0 Å². The molecule has 0 bridgehead atoms. The third kappa shape index (κ3) is 2.42. The van der Waals surface area contributed by atoms with Crippen LogP contribution < -0.4 is 10.9 Å². The summed E-state index contributed by atoms with van der Waals surface area (Å²) in [5.41, 5.74) is 5.56. The van der Waals surface area contributed by atoms with E-state index in [1.807, 2.05) is 96.7 Å². The second-order valence-corrected chi connectivity index (χ2v) is 7.87. The molecule has 4 nitrogen and oxygen atoms in total. The molecule has 0 radical (unpaired) electrons. The van der Waals surface area contributed by atoms with E-state index < -0.39 is 10.9 Å². The number of H-pyrrole nitrogens is 1. The average Bonchev–Trinajstić information content (AvgIpc) is 3.35. The Hall–Kier alpha value is -4.18. The highest BCUT2D eigenvalue weighted by molar-refractivity contribution is 6.10. The number of aryl methyl sites for hydroxylation is 1. The van der Waals surface area contributed by atoms with Crippen molar-refractivity contribution in [2.45, 2.75) is 0 Å². The Balaban J connectivity index is 1.71. The molecular formula is C27H18N2O2. The van der Waals surface area contributed by atoms with E-state index in [9.17, 15) is 9.59 Å². The predicted molar refractivity (Wildman–Crippen MR) is 126 cm³/mol. The van der Waals surface area contributed by atoms with Gasteiger partial charge in [0.2, 0.25) is 10.9 Å². The van der Waals surface area contributed by atoms with Crippen molar-refractivity contribution in [2.24, 2.45) is 7.05 Å². The van der Waals surface area contributed by atoms with Crippen LogP contribution in [0.5, 0.6) is 0 Å². The number of fused-ring (bicyclic) bond motifs is 2. The molecule has 0 aliphatic heterocycles. The number of aromatic nitrogens is 2. The van der Waals surface area contributed by atoms with E-state index in [1.165, 1.54) is 0 Å². The van der Waals surface area contributed by atoms with Gasteiger partial charge in [0.15, 0.2) is 0 Å². The summed E-state index contributed by atoms with van der Waals surface area (Å²) in [6, 6.07) is 25.8. The van der Waals surface area contributed by atoms with Crippen LogP contribution in [0.1, 0.15) is 0 Å².